The van der Waals surface area contributed by atoms with Gasteiger partial charge in [-0.05, 0) is 38.3 Å². The van der Waals surface area contributed by atoms with Crippen LogP contribution in [0.25, 0.3) is 28.6 Å². The van der Waals surface area contributed by atoms with Gasteiger partial charge in [0.2, 0.25) is 11.8 Å². The molecule has 6 heteroatoms. The Morgan fingerprint density at radius 1 is 0.879 bits per heavy atom. The molecule has 0 aliphatic carbocycles. The fraction of sp³-hybridized carbons (Fsp3) is 0.333. The van der Waals surface area contributed by atoms with Crippen molar-refractivity contribution in [3.05, 3.63) is 78.0 Å². The molecule has 0 aliphatic rings. The molecule has 33 heavy (non-hydrogen) atoms. The molecule has 0 bridgehead atoms. The number of hydrogen-bond acceptors (Lipinski definition) is 5. The molecular formula is C27H31N5O. The highest BCUT2D eigenvalue weighted by molar-refractivity contribution is 5.78. The van der Waals surface area contributed by atoms with Crippen molar-refractivity contribution in [2.24, 2.45) is 0 Å². The van der Waals surface area contributed by atoms with Crippen molar-refractivity contribution in [1.29, 1.82) is 0 Å². The number of aryl methyl sites for hydroxylation is 1. The Kier molecular flexibility index (Phi) is 7.13. The SMILES string of the molecule is CC(C)c1nnc(CCC/C=C/c2cccc(-c3nn(C(C)C)nc3-c3ccccc3)c2)o1. The third-order valence-electron chi connectivity index (χ3n) is 5.35. The first-order valence-corrected chi connectivity index (χ1v) is 11.6. The third-order valence-corrected chi connectivity index (χ3v) is 5.35. The van der Waals surface area contributed by atoms with Gasteiger partial charge in [-0.15, -0.1) is 10.2 Å². The molecule has 0 spiro atoms. The molecule has 0 aliphatic heterocycles. The molecule has 2 aromatic heterocycles. The zero-order valence-electron chi connectivity index (χ0n) is 19.8. The average molecular weight is 442 g/mol. The van der Waals surface area contributed by atoms with Gasteiger partial charge in [0.25, 0.3) is 0 Å². The maximum atomic E-state index is 5.68. The Morgan fingerprint density at radius 2 is 1.61 bits per heavy atom. The van der Waals surface area contributed by atoms with Gasteiger partial charge in [0, 0.05) is 23.5 Å². The molecule has 0 fully saturated rings. The van der Waals surface area contributed by atoms with Crippen LogP contribution in [0.15, 0.2) is 65.1 Å². The minimum absolute atomic E-state index is 0.194. The number of rotatable bonds is 9. The summed E-state index contributed by atoms with van der Waals surface area (Å²) in [6.07, 6.45) is 7.07. The van der Waals surface area contributed by atoms with Crippen LogP contribution in [0.2, 0.25) is 0 Å². The number of nitrogens with zero attached hydrogens (tertiary/aromatic N) is 5. The van der Waals surface area contributed by atoms with Gasteiger partial charge in [-0.25, -0.2) is 0 Å². The summed E-state index contributed by atoms with van der Waals surface area (Å²) in [6.45, 7) is 8.30. The van der Waals surface area contributed by atoms with Crippen LogP contribution in [-0.4, -0.2) is 25.2 Å². The van der Waals surface area contributed by atoms with E-state index in [0.29, 0.717) is 5.89 Å². The molecule has 170 valence electrons. The molecule has 2 heterocycles. The molecule has 0 atom stereocenters. The van der Waals surface area contributed by atoms with Crippen molar-refractivity contribution in [2.45, 2.75) is 58.9 Å². The molecule has 0 saturated carbocycles. The largest absolute Gasteiger partial charge is 0.425 e. The van der Waals surface area contributed by atoms with Crippen LogP contribution < -0.4 is 0 Å². The molecule has 4 rings (SSSR count). The monoisotopic (exact) mass is 441 g/mol. The number of benzene rings is 2. The van der Waals surface area contributed by atoms with E-state index in [0.717, 1.165) is 53.2 Å². The quantitative estimate of drug-likeness (QED) is 0.269. The van der Waals surface area contributed by atoms with E-state index in [4.69, 9.17) is 14.6 Å². The summed E-state index contributed by atoms with van der Waals surface area (Å²) in [5.74, 6) is 1.69. The normalized spacial score (nSPS) is 11.8. The van der Waals surface area contributed by atoms with E-state index < -0.39 is 0 Å². The van der Waals surface area contributed by atoms with Crippen molar-refractivity contribution in [3.8, 4) is 22.5 Å². The van der Waals surface area contributed by atoms with Crippen LogP contribution in [0.5, 0.6) is 0 Å². The van der Waals surface area contributed by atoms with Crippen molar-refractivity contribution >= 4 is 6.08 Å². The van der Waals surface area contributed by atoms with Crippen molar-refractivity contribution in [3.63, 3.8) is 0 Å². The van der Waals surface area contributed by atoms with Gasteiger partial charge < -0.3 is 4.42 Å². The van der Waals surface area contributed by atoms with Gasteiger partial charge in [0.1, 0.15) is 11.4 Å². The zero-order chi connectivity index (χ0) is 23.2. The molecule has 0 radical (unpaired) electrons. The first-order chi connectivity index (χ1) is 16.0. The Bertz CT molecular complexity index is 1200. The fourth-order valence-electron chi connectivity index (χ4n) is 3.52. The summed E-state index contributed by atoms with van der Waals surface area (Å²) in [5, 5.41) is 17.8. The van der Waals surface area contributed by atoms with E-state index in [9.17, 15) is 0 Å². The smallest absolute Gasteiger partial charge is 0.219 e. The predicted molar refractivity (Wildman–Crippen MR) is 132 cm³/mol. The Labute approximate surface area is 195 Å². The molecule has 4 aromatic rings. The van der Waals surface area contributed by atoms with Gasteiger partial charge in [-0.1, -0.05) is 74.5 Å². The average Bonchev–Trinajstić information content (AvgIpc) is 3.48. The van der Waals surface area contributed by atoms with Gasteiger partial charge in [0.05, 0.1) is 6.04 Å². The van der Waals surface area contributed by atoms with Crippen molar-refractivity contribution in [1.82, 2.24) is 25.2 Å². The lowest BCUT2D eigenvalue weighted by Gasteiger charge is -2.03. The number of unbranched alkanes of at least 4 members (excludes halogenated alkanes) is 1. The maximum absolute atomic E-state index is 5.68. The fourth-order valence-corrected chi connectivity index (χ4v) is 3.52. The minimum atomic E-state index is 0.194. The molecular weight excluding hydrogens is 410 g/mol. The predicted octanol–water partition coefficient (Wildman–Crippen LogP) is 6.74. The lowest BCUT2D eigenvalue weighted by molar-refractivity contribution is 0.428. The standard InChI is InChI=1S/C27H31N5O/c1-19(2)27-29-28-24(33-27)17-10-5-7-12-21-13-11-16-23(18-21)26-25(22-14-8-6-9-15-22)30-32(31-26)20(3)4/h6-9,11-16,18-20H,5,10,17H2,1-4H3/b12-7+. The summed E-state index contributed by atoms with van der Waals surface area (Å²) in [4.78, 5) is 1.79. The molecule has 0 unspecified atom stereocenters. The van der Waals surface area contributed by atoms with Crippen molar-refractivity contribution in [2.75, 3.05) is 0 Å². The minimum Gasteiger partial charge on any atom is -0.425 e. The van der Waals surface area contributed by atoms with Crippen LogP contribution in [0, 0.1) is 0 Å². The summed E-state index contributed by atoms with van der Waals surface area (Å²) >= 11 is 0. The topological polar surface area (TPSA) is 69.6 Å². The van der Waals surface area contributed by atoms with Crippen LogP contribution >= 0.6 is 0 Å². The Balaban J connectivity index is 1.46. The second-order valence-corrected chi connectivity index (χ2v) is 8.79. The first kappa shape index (κ1) is 22.6. The van der Waals surface area contributed by atoms with Gasteiger partial charge in [0.15, 0.2) is 0 Å². The van der Waals surface area contributed by atoms with E-state index >= 15 is 0 Å². The maximum Gasteiger partial charge on any atom is 0.219 e. The second kappa shape index (κ2) is 10.4. The van der Waals surface area contributed by atoms with Crippen LogP contribution in [0.3, 0.4) is 0 Å². The molecule has 0 N–H and O–H groups in total. The molecule has 2 aromatic carbocycles. The van der Waals surface area contributed by atoms with Crippen LogP contribution in [0.4, 0.5) is 0 Å². The summed E-state index contributed by atoms with van der Waals surface area (Å²) < 4.78 is 5.68. The van der Waals surface area contributed by atoms with E-state index in [-0.39, 0.29) is 12.0 Å². The van der Waals surface area contributed by atoms with E-state index in [1.165, 1.54) is 0 Å². The number of allylic oxidation sites excluding steroid dienone is 1. The third kappa shape index (κ3) is 5.64. The Morgan fingerprint density at radius 3 is 2.30 bits per heavy atom. The van der Waals surface area contributed by atoms with Crippen LogP contribution in [-0.2, 0) is 6.42 Å². The molecule has 0 amide bonds. The van der Waals surface area contributed by atoms with Gasteiger partial charge in [-0.3, -0.25) is 0 Å². The second-order valence-electron chi connectivity index (χ2n) is 8.79. The highest BCUT2D eigenvalue weighted by Crippen LogP contribution is 2.30. The van der Waals surface area contributed by atoms with Gasteiger partial charge >= 0.3 is 0 Å². The Hall–Kier alpha value is -3.54. The van der Waals surface area contributed by atoms with E-state index in [2.05, 4.69) is 86.4 Å². The first-order valence-electron chi connectivity index (χ1n) is 11.6. The highest BCUT2D eigenvalue weighted by atomic mass is 16.4. The lowest BCUT2D eigenvalue weighted by Crippen LogP contribution is -2.04. The van der Waals surface area contributed by atoms with E-state index in [1.54, 1.807) is 4.80 Å². The van der Waals surface area contributed by atoms with Crippen LogP contribution in [0.1, 0.15) is 69.8 Å². The van der Waals surface area contributed by atoms with Gasteiger partial charge in [-0.2, -0.15) is 15.0 Å². The highest BCUT2D eigenvalue weighted by Gasteiger charge is 2.16. The molecule has 0 saturated heterocycles. The summed E-state index contributed by atoms with van der Waals surface area (Å²) in [6, 6.07) is 18.9. The summed E-state index contributed by atoms with van der Waals surface area (Å²) in [7, 11) is 0. The molecule has 6 nitrogen and oxygen atoms in total. The number of aromatic nitrogens is 5. The van der Waals surface area contributed by atoms with Crippen molar-refractivity contribution < 1.29 is 4.42 Å². The zero-order valence-corrected chi connectivity index (χ0v) is 19.8. The number of hydrogen-bond donors (Lipinski definition) is 0. The lowest BCUT2D eigenvalue weighted by atomic mass is 10.0. The van der Waals surface area contributed by atoms with E-state index in [1.807, 2.05) is 18.2 Å². The summed E-state index contributed by atoms with van der Waals surface area (Å²) in [5.41, 5.74) is 5.09.